The number of nitrogens with one attached hydrogen (secondary N) is 2. The fraction of sp³-hybridized carbons (Fsp3) is 0.524. The number of rotatable bonds is 8. The summed E-state index contributed by atoms with van der Waals surface area (Å²) in [4.78, 5) is 4.67. The van der Waals surface area contributed by atoms with Crippen LogP contribution in [0.4, 0.5) is 0 Å². The van der Waals surface area contributed by atoms with Crippen molar-refractivity contribution in [2.24, 2.45) is 4.99 Å². The normalized spacial score (nSPS) is 15.0. The molecule has 7 heteroatoms. The second-order valence-electron chi connectivity index (χ2n) is 7.05. The van der Waals surface area contributed by atoms with Gasteiger partial charge in [0.05, 0.1) is 25.4 Å². The van der Waals surface area contributed by atoms with Gasteiger partial charge in [-0.3, -0.25) is 4.68 Å². The van der Waals surface area contributed by atoms with Gasteiger partial charge in [0, 0.05) is 24.3 Å². The molecule has 1 aromatic carbocycles. The summed E-state index contributed by atoms with van der Waals surface area (Å²) in [6.45, 7) is 4.19. The van der Waals surface area contributed by atoms with E-state index in [0.717, 1.165) is 47.5 Å². The predicted molar refractivity (Wildman–Crippen MR) is 114 cm³/mol. The molecule has 2 aromatic rings. The predicted octanol–water partition coefficient (Wildman–Crippen LogP) is 3.96. The molecule has 0 amide bonds. The van der Waals surface area contributed by atoms with E-state index in [0.29, 0.717) is 12.6 Å². The fourth-order valence-electron chi connectivity index (χ4n) is 3.51. The van der Waals surface area contributed by atoms with Crippen molar-refractivity contribution in [3.63, 3.8) is 0 Å². The summed E-state index contributed by atoms with van der Waals surface area (Å²) in [5, 5.41) is 12.1. The van der Waals surface area contributed by atoms with E-state index in [1.165, 1.54) is 25.7 Å². The summed E-state index contributed by atoms with van der Waals surface area (Å²) < 4.78 is 7.31. The van der Waals surface area contributed by atoms with Crippen LogP contribution in [0.2, 0.25) is 5.02 Å². The summed E-state index contributed by atoms with van der Waals surface area (Å²) in [6.07, 6.45) is 8.00. The van der Waals surface area contributed by atoms with E-state index in [-0.39, 0.29) is 0 Å². The van der Waals surface area contributed by atoms with Crippen molar-refractivity contribution >= 4 is 17.6 Å². The minimum atomic E-state index is 0.568. The quantitative estimate of drug-likeness (QED) is 0.517. The van der Waals surface area contributed by atoms with Crippen molar-refractivity contribution in [1.82, 2.24) is 20.4 Å². The monoisotopic (exact) mass is 403 g/mol. The number of aromatic nitrogens is 2. The van der Waals surface area contributed by atoms with Crippen LogP contribution in [-0.4, -0.2) is 35.9 Å². The highest BCUT2D eigenvalue weighted by atomic mass is 35.5. The van der Waals surface area contributed by atoms with Crippen molar-refractivity contribution < 1.29 is 4.74 Å². The zero-order valence-electron chi connectivity index (χ0n) is 16.7. The number of aliphatic imine (C=N–C) groups is 1. The van der Waals surface area contributed by atoms with Gasteiger partial charge in [-0.05, 0) is 49.9 Å². The molecule has 1 fully saturated rings. The molecule has 1 heterocycles. The number of hydrogen-bond acceptors (Lipinski definition) is 3. The number of ether oxygens (including phenoxy) is 1. The second kappa shape index (κ2) is 10.4. The van der Waals surface area contributed by atoms with Crippen LogP contribution in [0.1, 0.15) is 49.9 Å². The van der Waals surface area contributed by atoms with Gasteiger partial charge in [0.1, 0.15) is 5.75 Å². The lowest BCUT2D eigenvalue weighted by atomic mass is 10.1. The maximum Gasteiger partial charge on any atom is 0.191 e. The molecule has 152 valence electrons. The summed E-state index contributed by atoms with van der Waals surface area (Å²) in [6, 6.07) is 8.42. The summed E-state index contributed by atoms with van der Waals surface area (Å²) in [7, 11) is 1.64. The Kier molecular flexibility index (Phi) is 7.60. The molecule has 0 aliphatic heterocycles. The Balaban J connectivity index is 1.52. The first-order valence-corrected chi connectivity index (χ1v) is 10.5. The van der Waals surface area contributed by atoms with Gasteiger partial charge in [-0.1, -0.05) is 30.5 Å². The first kappa shape index (κ1) is 20.5. The van der Waals surface area contributed by atoms with Crippen LogP contribution >= 0.6 is 11.6 Å². The Bertz CT molecular complexity index is 783. The van der Waals surface area contributed by atoms with Crippen LogP contribution in [0.25, 0.3) is 0 Å². The molecule has 0 atom stereocenters. The van der Waals surface area contributed by atoms with Crippen LogP contribution in [0.5, 0.6) is 5.75 Å². The maximum atomic E-state index is 6.32. The highest BCUT2D eigenvalue weighted by molar-refractivity contribution is 6.31. The molecular weight excluding hydrogens is 374 g/mol. The highest BCUT2D eigenvalue weighted by Gasteiger charge is 2.17. The van der Waals surface area contributed by atoms with E-state index in [4.69, 9.17) is 21.4 Å². The summed E-state index contributed by atoms with van der Waals surface area (Å²) >= 11 is 6.32. The first-order chi connectivity index (χ1) is 13.7. The Morgan fingerprint density at radius 1 is 1.29 bits per heavy atom. The van der Waals surface area contributed by atoms with Gasteiger partial charge >= 0.3 is 0 Å². The van der Waals surface area contributed by atoms with Crippen molar-refractivity contribution in [3.05, 3.63) is 46.7 Å². The average Bonchev–Trinajstić information content (AvgIpc) is 3.39. The zero-order chi connectivity index (χ0) is 19.8. The van der Waals surface area contributed by atoms with Crippen molar-refractivity contribution in [2.75, 3.05) is 20.2 Å². The Morgan fingerprint density at radius 2 is 2.11 bits per heavy atom. The molecule has 0 spiro atoms. The van der Waals surface area contributed by atoms with Gasteiger partial charge in [-0.2, -0.15) is 5.10 Å². The second-order valence-corrected chi connectivity index (χ2v) is 7.46. The number of methoxy groups -OCH3 is 1. The lowest BCUT2D eigenvalue weighted by molar-refractivity contribution is 0.414. The minimum absolute atomic E-state index is 0.568. The largest absolute Gasteiger partial charge is 0.497 e. The fourth-order valence-corrected chi connectivity index (χ4v) is 3.77. The number of hydrogen-bond donors (Lipinski definition) is 2. The smallest absolute Gasteiger partial charge is 0.191 e. The molecule has 3 rings (SSSR count). The van der Waals surface area contributed by atoms with Gasteiger partial charge in [-0.15, -0.1) is 0 Å². The molecule has 0 bridgehead atoms. The van der Waals surface area contributed by atoms with E-state index in [1.807, 2.05) is 18.2 Å². The van der Waals surface area contributed by atoms with Crippen molar-refractivity contribution in [3.8, 4) is 5.75 Å². The van der Waals surface area contributed by atoms with Crippen LogP contribution in [0, 0.1) is 0 Å². The average molecular weight is 404 g/mol. The third kappa shape index (κ3) is 5.64. The highest BCUT2D eigenvalue weighted by Crippen LogP contribution is 2.28. The van der Waals surface area contributed by atoms with E-state index in [2.05, 4.69) is 39.5 Å². The molecule has 1 aliphatic rings. The van der Waals surface area contributed by atoms with Gasteiger partial charge in [0.25, 0.3) is 0 Å². The van der Waals surface area contributed by atoms with Gasteiger partial charge in [0.2, 0.25) is 0 Å². The lowest BCUT2D eigenvalue weighted by Gasteiger charge is -2.12. The Hall–Kier alpha value is -2.21. The van der Waals surface area contributed by atoms with Crippen LogP contribution in [-0.2, 0) is 13.0 Å². The molecule has 1 aromatic heterocycles. The first-order valence-electron chi connectivity index (χ1n) is 10.1. The molecular formula is C21H30ClN5O. The van der Waals surface area contributed by atoms with E-state index < -0.39 is 0 Å². The van der Waals surface area contributed by atoms with E-state index in [9.17, 15) is 0 Å². The van der Waals surface area contributed by atoms with Crippen molar-refractivity contribution in [1.29, 1.82) is 0 Å². The number of benzene rings is 1. The molecule has 2 N–H and O–H groups in total. The number of halogens is 1. The molecule has 1 aliphatic carbocycles. The van der Waals surface area contributed by atoms with Gasteiger partial charge < -0.3 is 15.4 Å². The third-order valence-corrected chi connectivity index (χ3v) is 5.40. The van der Waals surface area contributed by atoms with Gasteiger partial charge in [0.15, 0.2) is 5.96 Å². The lowest BCUT2D eigenvalue weighted by Crippen LogP contribution is -2.38. The Labute approximate surface area is 172 Å². The van der Waals surface area contributed by atoms with E-state index >= 15 is 0 Å². The molecule has 1 saturated carbocycles. The number of nitrogens with zero attached hydrogens (tertiary/aromatic N) is 3. The topological polar surface area (TPSA) is 63.5 Å². The molecule has 0 saturated heterocycles. The van der Waals surface area contributed by atoms with Crippen molar-refractivity contribution in [2.45, 2.75) is 51.6 Å². The zero-order valence-corrected chi connectivity index (χ0v) is 17.5. The van der Waals surface area contributed by atoms with Crippen LogP contribution < -0.4 is 15.4 Å². The maximum absolute atomic E-state index is 6.32. The van der Waals surface area contributed by atoms with Crippen LogP contribution in [0.15, 0.2) is 35.5 Å². The Morgan fingerprint density at radius 3 is 2.82 bits per heavy atom. The standard InChI is InChI=1S/C21H30ClN5O/c1-3-23-21(24-12-10-16-8-9-19(28-2)14-20(16)22)25-15-17-11-13-27(26-17)18-6-4-5-7-18/h8-9,11,13-14,18H,3-7,10,12,15H2,1-2H3,(H2,23,24,25). The molecule has 0 unspecified atom stereocenters. The van der Waals surface area contributed by atoms with Gasteiger partial charge in [-0.25, -0.2) is 4.99 Å². The SMILES string of the molecule is CCNC(=NCc1ccn(C2CCCC2)n1)NCCc1ccc(OC)cc1Cl. The molecule has 6 nitrogen and oxygen atoms in total. The van der Waals surface area contributed by atoms with E-state index in [1.54, 1.807) is 7.11 Å². The molecule has 28 heavy (non-hydrogen) atoms. The summed E-state index contributed by atoms with van der Waals surface area (Å²) in [5.41, 5.74) is 2.09. The van der Waals surface area contributed by atoms with Crippen LogP contribution in [0.3, 0.4) is 0 Å². The molecule has 0 radical (unpaired) electrons. The minimum Gasteiger partial charge on any atom is -0.497 e. The number of guanidine groups is 1. The summed E-state index contributed by atoms with van der Waals surface area (Å²) in [5.74, 6) is 1.57. The third-order valence-electron chi connectivity index (χ3n) is 5.05.